The maximum atomic E-state index is 6.03. The van der Waals surface area contributed by atoms with Crippen molar-refractivity contribution < 1.29 is 9.47 Å². The van der Waals surface area contributed by atoms with Crippen LogP contribution in [0.15, 0.2) is 41.9 Å². The van der Waals surface area contributed by atoms with E-state index in [9.17, 15) is 0 Å². The summed E-state index contributed by atoms with van der Waals surface area (Å²) in [5, 5.41) is 6.07. The van der Waals surface area contributed by atoms with Crippen molar-refractivity contribution in [2.24, 2.45) is 0 Å². The molecular formula is C19H20ClN3O2S. The lowest BCUT2D eigenvalue weighted by atomic mass is 9.99. The van der Waals surface area contributed by atoms with E-state index in [-0.39, 0.29) is 18.0 Å². The molecule has 0 radical (unpaired) electrons. The van der Waals surface area contributed by atoms with Gasteiger partial charge in [0.05, 0.1) is 12.8 Å². The van der Waals surface area contributed by atoms with Gasteiger partial charge in [-0.05, 0) is 38.1 Å². The molecule has 1 aromatic carbocycles. The molecule has 0 saturated heterocycles. The van der Waals surface area contributed by atoms with E-state index in [1.54, 1.807) is 24.6 Å². The minimum absolute atomic E-state index is 0. The van der Waals surface area contributed by atoms with Gasteiger partial charge >= 0.3 is 0 Å². The second-order valence-corrected chi connectivity index (χ2v) is 7.44. The van der Waals surface area contributed by atoms with Gasteiger partial charge in [-0.1, -0.05) is 6.07 Å². The van der Waals surface area contributed by atoms with Gasteiger partial charge in [-0.25, -0.2) is 9.97 Å². The molecule has 4 rings (SSSR count). The highest BCUT2D eigenvalue weighted by atomic mass is 35.5. The number of hydrogen-bond donors (Lipinski definition) is 1. The van der Waals surface area contributed by atoms with Gasteiger partial charge in [0.15, 0.2) is 16.6 Å². The normalized spacial score (nSPS) is 14.1. The second kappa shape index (κ2) is 7.13. The topological polar surface area (TPSA) is 56.3 Å². The van der Waals surface area contributed by atoms with E-state index in [1.807, 2.05) is 29.6 Å². The molecule has 0 unspecified atom stereocenters. The third-order valence-corrected chi connectivity index (χ3v) is 4.80. The second-order valence-electron chi connectivity index (χ2n) is 6.58. The zero-order chi connectivity index (χ0) is 17.4. The maximum absolute atomic E-state index is 6.03. The van der Waals surface area contributed by atoms with Crippen LogP contribution in [-0.2, 0) is 6.42 Å². The number of benzene rings is 1. The number of nitrogens with one attached hydrogen (secondary N) is 1. The van der Waals surface area contributed by atoms with Crippen LogP contribution in [-0.4, -0.2) is 22.7 Å². The zero-order valence-electron chi connectivity index (χ0n) is 14.8. The first-order chi connectivity index (χ1) is 12.0. The molecule has 0 spiro atoms. The lowest BCUT2D eigenvalue weighted by Crippen LogP contribution is -2.24. The number of methoxy groups -OCH3 is 1. The third kappa shape index (κ3) is 3.61. The van der Waals surface area contributed by atoms with E-state index < -0.39 is 0 Å². The predicted octanol–water partition coefficient (Wildman–Crippen LogP) is 5.09. The average Bonchev–Trinajstić information content (AvgIpc) is 3.17. The molecule has 0 saturated carbocycles. The molecule has 1 aliphatic heterocycles. The van der Waals surface area contributed by atoms with Gasteiger partial charge in [0.25, 0.3) is 0 Å². The Bertz CT molecular complexity index is 912. The van der Waals surface area contributed by atoms with Crippen LogP contribution in [0.4, 0.5) is 10.9 Å². The van der Waals surface area contributed by atoms with Gasteiger partial charge in [0.2, 0.25) is 0 Å². The van der Waals surface area contributed by atoms with E-state index in [2.05, 4.69) is 35.2 Å². The Morgan fingerprint density at radius 2 is 2.12 bits per heavy atom. The molecule has 0 aliphatic carbocycles. The highest BCUT2D eigenvalue weighted by Crippen LogP contribution is 2.44. The number of nitrogens with zero attached hydrogens (tertiary/aromatic N) is 2. The minimum atomic E-state index is -0.206. The average molecular weight is 390 g/mol. The summed E-state index contributed by atoms with van der Waals surface area (Å²) in [7, 11) is 1.67. The summed E-state index contributed by atoms with van der Waals surface area (Å²) in [6.45, 7) is 4.17. The fourth-order valence-electron chi connectivity index (χ4n) is 2.99. The molecule has 0 atom stereocenters. The Kier molecular flexibility index (Phi) is 5.07. The Labute approximate surface area is 162 Å². The summed E-state index contributed by atoms with van der Waals surface area (Å²) in [5.74, 6) is 2.38. The van der Waals surface area contributed by atoms with Gasteiger partial charge < -0.3 is 14.8 Å². The smallest absolute Gasteiger partial charge is 0.188 e. The van der Waals surface area contributed by atoms with E-state index in [0.717, 1.165) is 45.7 Å². The van der Waals surface area contributed by atoms with Gasteiger partial charge in [-0.3, -0.25) is 0 Å². The van der Waals surface area contributed by atoms with Gasteiger partial charge in [-0.15, -0.1) is 23.7 Å². The molecule has 0 bridgehead atoms. The molecule has 2 aromatic heterocycles. The summed E-state index contributed by atoms with van der Waals surface area (Å²) >= 11 is 1.55. The number of anilines is 2. The fourth-order valence-corrected chi connectivity index (χ4v) is 3.71. The van der Waals surface area contributed by atoms with Crippen molar-refractivity contribution in [1.29, 1.82) is 0 Å². The summed E-state index contributed by atoms with van der Waals surface area (Å²) < 4.78 is 11.6. The SMILES string of the molecule is COc1cc(-c2csc(Nc3ccccn3)n2)cc2c1OC(C)(C)C2.Cl. The van der Waals surface area contributed by atoms with Gasteiger partial charge in [0, 0.05) is 29.1 Å². The number of pyridine rings is 1. The van der Waals surface area contributed by atoms with Gasteiger partial charge in [0.1, 0.15) is 11.4 Å². The van der Waals surface area contributed by atoms with E-state index in [0.29, 0.717) is 0 Å². The molecule has 1 aliphatic rings. The van der Waals surface area contributed by atoms with Crippen LogP contribution in [0, 0.1) is 0 Å². The number of ether oxygens (including phenoxy) is 2. The lowest BCUT2D eigenvalue weighted by Gasteiger charge is -2.17. The molecule has 5 nitrogen and oxygen atoms in total. The third-order valence-electron chi connectivity index (χ3n) is 4.05. The van der Waals surface area contributed by atoms with Gasteiger partial charge in [-0.2, -0.15) is 0 Å². The Balaban J connectivity index is 0.00000196. The number of aromatic nitrogens is 2. The fraction of sp³-hybridized carbons (Fsp3) is 0.263. The maximum Gasteiger partial charge on any atom is 0.188 e. The van der Waals surface area contributed by atoms with Crippen molar-refractivity contribution in [3.05, 3.63) is 47.5 Å². The number of fused-ring (bicyclic) bond motifs is 1. The number of thiazole rings is 1. The highest BCUT2D eigenvalue weighted by molar-refractivity contribution is 7.14. The van der Waals surface area contributed by atoms with Crippen LogP contribution in [0.5, 0.6) is 11.5 Å². The quantitative estimate of drug-likeness (QED) is 0.673. The molecule has 136 valence electrons. The zero-order valence-corrected chi connectivity index (χ0v) is 16.4. The Hall–Kier alpha value is -2.31. The Morgan fingerprint density at radius 3 is 2.85 bits per heavy atom. The summed E-state index contributed by atoms with van der Waals surface area (Å²) in [6, 6.07) is 9.88. The van der Waals surface area contributed by atoms with E-state index >= 15 is 0 Å². The minimum Gasteiger partial charge on any atom is -0.493 e. The first-order valence-electron chi connectivity index (χ1n) is 8.08. The molecule has 0 amide bonds. The molecule has 26 heavy (non-hydrogen) atoms. The molecule has 3 heterocycles. The van der Waals surface area contributed by atoms with Crippen molar-refractivity contribution in [1.82, 2.24) is 9.97 Å². The van der Waals surface area contributed by atoms with Crippen LogP contribution in [0.2, 0.25) is 0 Å². The molecule has 1 N–H and O–H groups in total. The number of hydrogen-bond acceptors (Lipinski definition) is 6. The van der Waals surface area contributed by atoms with Crippen molar-refractivity contribution in [2.75, 3.05) is 12.4 Å². The van der Waals surface area contributed by atoms with Crippen LogP contribution >= 0.6 is 23.7 Å². The lowest BCUT2D eigenvalue weighted by molar-refractivity contribution is 0.134. The molecular weight excluding hydrogens is 370 g/mol. The van der Waals surface area contributed by atoms with E-state index in [1.165, 1.54) is 0 Å². The molecule has 3 aromatic rings. The molecule has 7 heteroatoms. The summed E-state index contributed by atoms with van der Waals surface area (Å²) in [6.07, 6.45) is 2.61. The van der Waals surface area contributed by atoms with Crippen molar-refractivity contribution >= 4 is 34.7 Å². The van der Waals surface area contributed by atoms with Crippen LogP contribution < -0.4 is 14.8 Å². The van der Waals surface area contributed by atoms with Crippen LogP contribution in [0.25, 0.3) is 11.3 Å². The predicted molar refractivity (Wildman–Crippen MR) is 107 cm³/mol. The van der Waals surface area contributed by atoms with Crippen molar-refractivity contribution in [3.8, 4) is 22.8 Å². The van der Waals surface area contributed by atoms with Crippen molar-refractivity contribution in [2.45, 2.75) is 25.9 Å². The monoisotopic (exact) mass is 389 g/mol. The van der Waals surface area contributed by atoms with Crippen molar-refractivity contribution in [3.63, 3.8) is 0 Å². The van der Waals surface area contributed by atoms with Crippen LogP contribution in [0.1, 0.15) is 19.4 Å². The first kappa shape index (κ1) is 18.5. The van der Waals surface area contributed by atoms with Crippen LogP contribution in [0.3, 0.4) is 0 Å². The molecule has 0 fully saturated rings. The Morgan fingerprint density at radius 1 is 1.27 bits per heavy atom. The van der Waals surface area contributed by atoms with E-state index in [4.69, 9.17) is 9.47 Å². The standard InChI is InChI=1S/C19H19N3O2S.ClH/c1-19(2)10-13-8-12(9-15(23-3)17(13)24-19)14-11-25-18(21-14)22-16-6-4-5-7-20-16;/h4-9,11H,10H2,1-3H3,(H,20,21,22);1H. The first-order valence-corrected chi connectivity index (χ1v) is 8.96. The summed E-state index contributed by atoms with van der Waals surface area (Å²) in [4.78, 5) is 8.95. The number of halogens is 1. The summed E-state index contributed by atoms with van der Waals surface area (Å²) in [5.41, 5.74) is 2.89. The largest absolute Gasteiger partial charge is 0.493 e. The number of rotatable bonds is 4. The highest BCUT2D eigenvalue weighted by Gasteiger charge is 2.33.